The maximum absolute atomic E-state index is 12.1. The van der Waals surface area contributed by atoms with Crippen LogP contribution in [0, 0.1) is 13.8 Å². The summed E-state index contributed by atoms with van der Waals surface area (Å²) in [6, 6.07) is 15.8. The topological polar surface area (TPSA) is 70.7 Å². The van der Waals surface area contributed by atoms with Gasteiger partial charge in [0, 0.05) is 19.3 Å². The van der Waals surface area contributed by atoms with Gasteiger partial charge in [-0.15, -0.1) is 0 Å². The summed E-state index contributed by atoms with van der Waals surface area (Å²) < 4.78 is 0. The van der Waals surface area contributed by atoms with Crippen molar-refractivity contribution in [1.82, 2.24) is 4.90 Å². The Kier molecular flexibility index (Phi) is 5.95. The molecule has 0 radical (unpaired) electrons. The number of aryl methyl sites for hydroxylation is 2. The van der Waals surface area contributed by atoms with Crippen LogP contribution >= 0.6 is 0 Å². The number of carbonyl (C=O) groups excluding carboxylic acids is 1. The van der Waals surface area contributed by atoms with Gasteiger partial charge in [-0.25, -0.2) is 4.99 Å². The molecule has 0 saturated heterocycles. The van der Waals surface area contributed by atoms with E-state index in [0.29, 0.717) is 6.54 Å². The number of nitrogens with one attached hydrogen (secondary N) is 1. The smallest absolute Gasteiger partial charge is 0.244 e. The van der Waals surface area contributed by atoms with E-state index in [4.69, 9.17) is 5.73 Å². The molecule has 0 aliphatic heterocycles. The first-order chi connectivity index (χ1) is 11.5. The molecular formula is C19H24N4O. The van der Waals surface area contributed by atoms with E-state index in [-0.39, 0.29) is 18.4 Å². The largest absolute Gasteiger partial charge is 0.370 e. The van der Waals surface area contributed by atoms with Gasteiger partial charge >= 0.3 is 0 Å². The zero-order valence-corrected chi connectivity index (χ0v) is 14.4. The third-order valence-electron chi connectivity index (χ3n) is 3.85. The number of rotatable bonds is 5. The average molecular weight is 324 g/mol. The van der Waals surface area contributed by atoms with Crippen LogP contribution in [0.3, 0.4) is 0 Å². The molecule has 1 amide bonds. The van der Waals surface area contributed by atoms with E-state index < -0.39 is 0 Å². The van der Waals surface area contributed by atoms with Gasteiger partial charge in [0.25, 0.3) is 0 Å². The SMILES string of the molecule is Cc1ccc(NC(N)=NCC(=O)N(C)Cc2ccccc2)cc1C. The number of nitrogens with zero attached hydrogens (tertiary/aromatic N) is 2. The second-order valence-corrected chi connectivity index (χ2v) is 5.86. The Labute approximate surface area is 143 Å². The van der Waals surface area contributed by atoms with Gasteiger partial charge in [0.15, 0.2) is 5.96 Å². The van der Waals surface area contributed by atoms with Crippen LogP contribution in [0.25, 0.3) is 0 Å². The van der Waals surface area contributed by atoms with Crippen LogP contribution in [0.2, 0.25) is 0 Å². The monoisotopic (exact) mass is 324 g/mol. The zero-order valence-electron chi connectivity index (χ0n) is 14.4. The highest BCUT2D eigenvalue weighted by Crippen LogP contribution is 2.13. The molecule has 5 heteroatoms. The molecule has 0 aliphatic carbocycles. The minimum atomic E-state index is -0.0799. The fourth-order valence-electron chi connectivity index (χ4n) is 2.23. The summed E-state index contributed by atoms with van der Waals surface area (Å²) in [5.74, 6) is 0.156. The molecule has 0 bridgehead atoms. The lowest BCUT2D eigenvalue weighted by Crippen LogP contribution is -2.30. The van der Waals surface area contributed by atoms with Crippen LogP contribution < -0.4 is 11.1 Å². The molecule has 0 aliphatic rings. The number of hydrogen-bond acceptors (Lipinski definition) is 2. The Hall–Kier alpha value is -2.82. The summed E-state index contributed by atoms with van der Waals surface area (Å²) in [6.07, 6.45) is 0. The van der Waals surface area contributed by atoms with Crippen LogP contribution in [-0.2, 0) is 11.3 Å². The Morgan fingerprint density at radius 1 is 1.12 bits per heavy atom. The first-order valence-corrected chi connectivity index (χ1v) is 7.88. The van der Waals surface area contributed by atoms with E-state index in [2.05, 4.69) is 17.2 Å². The van der Waals surface area contributed by atoms with Crippen LogP contribution in [0.1, 0.15) is 16.7 Å². The number of anilines is 1. The third kappa shape index (κ3) is 5.12. The number of hydrogen-bond donors (Lipinski definition) is 2. The van der Waals surface area contributed by atoms with Gasteiger partial charge in [0.1, 0.15) is 6.54 Å². The first kappa shape index (κ1) is 17.5. The average Bonchev–Trinajstić information content (AvgIpc) is 2.57. The molecule has 0 heterocycles. The maximum Gasteiger partial charge on any atom is 0.244 e. The van der Waals surface area contributed by atoms with Crippen LogP contribution in [0.4, 0.5) is 5.69 Å². The lowest BCUT2D eigenvalue weighted by molar-refractivity contribution is -0.128. The molecule has 0 atom stereocenters. The summed E-state index contributed by atoms with van der Waals surface area (Å²) in [5, 5.41) is 3.01. The molecule has 3 N–H and O–H groups in total. The zero-order chi connectivity index (χ0) is 17.5. The van der Waals surface area contributed by atoms with E-state index in [1.54, 1.807) is 11.9 Å². The van der Waals surface area contributed by atoms with E-state index in [9.17, 15) is 4.79 Å². The Bertz CT molecular complexity index is 725. The van der Waals surface area contributed by atoms with Gasteiger partial charge in [-0.3, -0.25) is 4.79 Å². The molecule has 2 rings (SSSR count). The molecule has 126 valence electrons. The molecule has 5 nitrogen and oxygen atoms in total. The fraction of sp³-hybridized carbons (Fsp3) is 0.263. The number of likely N-dealkylation sites (N-methyl/N-ethyl adjacent to an activating group) is 1. The highest BCUT2D eigenvalue weighted by molar-refractivity contribution is 5.94. The van der Waals surface area contributed by atoms with Crippen molar-refractivity contribution in [2.24, 2.45) is 10.7 Å². The molecule has 2 aromatic carbocycles. The van der Waals surface area contributed by atoms with Gasteiger partial charge in [-0.2, -0.15) is 0 Å². The first-order valence-electron chi connectivity index (χ1n) is 7.88. The lowest BCUT2D eigenvalue weighted by atomic mass is 10.1. The molecule has 24 heavy (non-hydrogen) atoms. The minimum Gasteiger partial charge on any atom is -0.370 e. The molecule has 0 saturated carbocycles. The van der Waals surface area contributed by atoms with Gasteiger partial charge in [-0.1, -0.05) is 36.4 Å². The second kappa shape index (κ2) is 8.15. The fourth-order valence-corrected chi connectivity index (χ4v) is 2.23. The Morgan fingerprint density at radius 2 is 1.83 bits per heavy atom. The van der Waals surface area contributed by atoms with Gasteiger partial charge in [0.05, 0.1) is 0 Å². The minimum absolute atomic E-state index is 0.0208. The summed E-state index contributed by atoms with van der Waals surface area (Å²) in [6.45, 7) is 4.67. The Balaban J connectivity index is 1.88. The number of benzene rings is 2. The molecule has 2 aromatic rings. The van der Waals surface area contributed by atoms with Crippen molar-refractivity contribution in [3.05, 3.63) is 65.2 Å². The van der Waals surface area contributed by atoms with Crippen molar-refractivity contribution in [3.8, 4) is 0 Å². The maximum atomic E-state index is 12.1. The number of amides is 1. The molecule has 0 fully saturated rings. The highest BCUT2D eigenvalue weighted by Gasteiger charge is 2.08. The van der Waals surface area contributed by atoms with Gasteiger partial charge in [0.2, 0.25) is 5.91 Å². The van der Waals surface area contributed by atoms with Crippen molar-refractivity contribution < 1.29 is 4.79 Å². The number of guanidine groups is 1. The van der Waals surface area contributed by atoms with Gasteiger partial charge < -0.3 is 16.0 Å². The number of aliphatic imine (C=N–C) groups is 1. The van der Waals surface area contributed by atoms with E-state index in [1.165, 1.54) is 11.1 Å². The van der Waals surface area contributed by atoms with E-state index >= 15 is 0 Å². The summed E-state index contributed by atoms with van der Waals surface area (Å²) >= 11 is 0. The van der Waals surface area contributed by atoms with Crippen LogP contribution in [0.5, 0.6) is 0 Å². The lowest BCUT2D eigenvalue weighted by Gasteiger charge is -2.16. The molecule has 0 unspecified atom stereocenters. The Morgan fingerprint density at radius 3 is 2.50 bits per heavy atom. The number of carbonyl (C=O) groups is 1. The van der Waals surface area contributed by atoms with Crippen molar-refractivity contribution in [2.75, 3.05) is 18.9 Å². The highest BCUT2D eigenvalue weighted by atomic mass is 16.2. The quantitative estimate of drug-likeness (QED) is 0.656. The summed E-state index contributed by atoms with van der Waals surface area (Å²) in [5.41, 5.74) is 10.2. The third-order valence-corrected chi connectivity index (χ3v) is 3.85. The molecular weight excluding hydrogens is 300 g/mol. The normalized spacial score (nSPS) is 11.2. The second-order valence-electron chi connectivity index (χ2n) is 5.86. The van der Waals surface area contributed by atoms with E-state index in [0.717, 1.165) is 11.3 Å². The van der Waals surface area contributed by atoms with E-state index in [1.807, 2.05) is 55.5 Å². The van der Waals surface area contributed by atoms with Crippen molar-refractivity contribution in [1.29, 1.82) is 0 Å². The predicted molar refractivity (Wildman–Crippen MR) is 98.9 cm³/mol. The van der Waals surface area contributed by atoms with Crippen LogP contribution in [0.15, 0.2) is 53.5 Å². The van der Waals surface area contributed by atoms with Crippen molar-refractivity contribution in [2.45, 2.75) is 20.4 Å². The van der Waals surface area contributed by atoms with Crippen molar-refractivity contribution in [3.63, 3.8) is 0 Å². The standard InChI is InChI=1S/C19H24N4O/c1-14-9-10-17(11-15(14)2)22-19(20)21-12-18(24)23(3)13-16-7-5-4-6-8-16/h4-11H,12-13H2,1-3H3,(H3,20,21,22). The predicted octanol–water partition coefficient (Wildman–Crippen LogP) is 2.69. The summed E-state index contributed by atoms with van der Waals surface area (Å²) in [7, 11) is 1.76. The van der Waals surface area contributed by atoms with Gasteiger partial charge in [-0.05, 0) is 42.7 Å². The summed E-state index contributed by atoms with van der Waals surface area (Å²) in [4.78, 5) is 17.9. The van der Waals surface area contributed by atoms with Crippen molar-refractivity contribution >= 4 is 17.6 Å². The molecule has 0 aromatic heterocycles. The molecule has 0 spiro atoms. The number of nitrogens with two attached hydrogens (primary N) is 1. The van der Waals surface area contributed by atoms with Crippen LogP contribution in [-0.4, -0.2) is 30.4 Å².